The fourth-order valence-corrected chi connectivity index (χ4v) is 2.20. The number of imidazole rings is 1. The van der Waals surface area contributed by atoms with Crippen molar-refractivity contribution in [3.8, 4) is 0 Å². The van der Waals surface area contributed by atoms with Crippen LogP contribution in [0.1, 0.15) is 18.7 Å². The van der Waals surface area contributed by atoms with Crippen LogP contribution in [0.2, 0.25) is 0 Å². The number of aromatic amines is 2. The van der Waals surface area contributed by atoms with Crippen LogP contribution in [0.3, 0.4) is 0 Å². The zero-order chi connectivity index (χ0) is 13.2. The molecule has 8 nitrogen and oxygen atoms in total. The molecule has 19 heavy (non-hydrogen) atoms. The van der Waals surface area contributed by atoms with E-state index in [0.29, 0.717) is 23.6 Å². The van der Waals surface area contributed by atoms with Crippen molar-refractivity contribution in [2.24, 2.45) is 0 Å². The Balaban J connectivity index is 1.74. The van der Waals surface area contributed by atoms with E-state index in [0.717, 1.165) is 25.9 Å². The fourth-order valence-electron chi connectivity index (χ4n) is 2.20. The molecule has 1 fully saturated rings. The summed E-state index contributed by atoms with van der Waals surface area (Å²) in [5, 5.41) is 3.28. The molecule has 1 aliphatic rings. The molecule has 0 spiro atoms. The third-order valence-corrected chi connectivity index (χ3v) is 3.17. The summed E-state index contributed by atoms with van der Waals surface area (Å²) in [6.07, 6.45) is 2.23. The number of aromatic nitrogens is 4. The summed E-state index contributed by atoms with van der Waals surface area (Å²) in [4.78, 5) is 25.1. The molecular formula is C11H16N6O2. The molecular weight excluding hydrogens is 248 g/mol. The highest BCUT2D eigenvalue weighted by molar-refractivity contribution is 5.70. The number of nitrogens with one attached hydrogen (secondary N) is 3. The summed E-state index contributed by atoms with van der Waals surface area (Å²) < 4.78 is 5.76. The SMILES string of the molecule is Nc1nc2nc(COC3CCNCC3)[nH]c2c(=O)[nH]1. The van der Waals surface area contributed by atoms with Crippen LogP contribution in [-0.2, 0) is 11.3 Å². The second-order valence-corrected chi connectivity index (χ2v) is 4.59. The van der Waals surface area contributed by atoms with Crippen molar-refractivity contribution in [2.45, 2.75) is 25.6 Å². The highest BCUT2D eigenvalue weighted by Gasteiger charge is 2.15. The van der Waals surface area contributed by atoms with Crippen LogP contribution in [0.5, 0.6) is 0 Å². The zero-order valence-corrected chi connectivity index (χ0v) is 10.4. The van der Waals surface area contributed by atoms with Gasteiger partial charge >= 0.3 is 0 Å². The summed E-state index contributed by atoms with van der Waals surface area (Å²) in [7, 11) is 0. The molecule has 2 aromatic rings. The highest BCUT2D eigenvalue weighted by atomic mass is 16.5. The van der Waals surface area contributed by atoms with Gasteiger partial charge in [0.2, 0.25) is 5.95 Å². The first-order valence-electron chi connectivity index (χ1n) is 6.29. The molecule has 5 N–H and O–H groups in total. The van der Waals surface area contributed by atoms with Crippen LogP contribution in [0.4, 0.5) is 5.95 Å². The third kappa shape index (κ3) is 2.59. The van der Waals surface area contributed by atoms with Gasteiger partial charge in [-0.15, -0.1) is 0 Å². The van der Waals surface area contributed by atoms with E-state index in [9.17, 15) is 4.79 Å². The first-order valence-corrected chi connectivity index (χ1v) is 6.29. The molecule has 0 radical (unpaired) electrons. The van der Waals surface area contributed by atoms with Crippen molar-refractivity contribution in [3.05, 3.63) is 16.2 Å². The minimum atomic E-state index is -0.317. The molecule has 1 aliphatic heterocycles. The second kappa shape index (κ2) is 4.98. The van der Waals surface area contributed by atoms with E-state index < -0.39 is 0 Å². The smallest absolute Gasteiger partial charge is 0.278 e. The second-order valence-electron chi connectivity index (χ2n) is 4.59. The van der Waals surface area contributed by atoms with Gasteiger partial charge in [0.05, 0.1) is 6.10 Å². The Hall–Kier alpha value is -1.93. The van der Waals surface area contributed by atoms with Crippen molar-refractivity contribution in [1.29, 1.82) is 0 Å². The molecule has 0 aromatic carbocycles. The first kappa shape index (κ1) is 12.1. The van der Waals surface area contributed by atoms with E-state index in [1.165, 1.54) is 0 Å². The number of H-pyrrole nitrogens is 2. The Morgan fingerprint density at radius 3 is 2.84 bits per heavy atom. The number of anilines is 1. The Labute approximate surface area is 108 Å². The van der Waals surface area contributed by atoms with Crippen molar-refractivity contribution in [2.75, 3.05) is 18.8 Å². The summed E-state index contributed by atoms with van der Waals surface area (Å²) in [6, 6.07) is 0. The molecule has 0 atom stereocenters. The fraction of sp³-hybridized carbons (Fsp3) is 0.545. The predicted molar refractivity (Wildman–Crippen MR) is 69.6 cm³/mol. The van der Waals surface area contributed by atoms with Gasteiger partial charge in [-0.25, -0.2) is 4.98 Å². The quantitative estimate of drug-likeness (QED) is 0.592. The first-order chi connectivity index (χ1) is 9.22. The average molecular weight is 264 g/mol. The maximum absolute atomic E-state index is 11.6. The molecule has 0 unspecified atom stereocenters. The van der Waals surface area contributed by atoms with Crippen molar-refractivity contribution in [1.82, 2.24) is 25.3 Å². The Morgan fingerprint density at radius 2 is 2.05 bits per heavy atom. The lowest BCUT2D eigenvalue weighted by Crippen LogP contribution is -2.32. The maximum Gasteiger partial charge on any atom is 0.278 e. The topological polar surface area (TPSA) is 122 Å². The Bertz CT molecular complexity index is 628. The lowest BCUT2D eigenvalue weighted by atomic mass is 10.1. The number of hydrogen-bond acceptors (Lipinski definition) is 6. The summed E-state index contributed by atoms with van der Waals surface area (Å²) >= 11 is 0. The molecule has 8 heteroatoms. The zero-order valence-electron chi connectivity index (χ0n) is 10.4. The van der Waals surface area contributed by atoms with Crippen LogP contribution in [0.15, 0.2) is 4.79 Å². The molecule has 1 saturated heterocycles. The monoisotopic (exact) mass is 264 g/mol. The number of nitrogens with two attached hydrogens (primary N) is 1. The molecule has 0 aliphatic carbocycles. The molecule has 0 saturated carbocycles. The van der Waals surface area contributed by atoms with Gasteiger partial charge in [0.15, 0.2) is 11.2 Å². The van der Waals surface area contributed by atoms with Gasteiger partial charge in [0.1, 0.15) is 12.4 Å². The standard InChI is InChI=1S/C11H16N6O2/c12-11-16-9-8(10(18)17-11)14-7(15-9)5-19-6-1-3-13-4-2-6/h6,13H,1-5H2,(H4,12,14,15,16,17,18). The van der Waals surface area contributed by atoms with Gasteiger partial charge in [-0.2, -0.15) is 4.98 Å². The average Bonchev–Trinajstić information content (AvgIpc) is 2.81. The highest BCUT2D eigenvalue weighted by Crippen LogP contribution is 2.11. The van der Waals surface area contributed by atoms with E-state index in [-0.39, 0.29) is 17.6 Å². The van der Waals surface area contributed by atoms with Crippen LogP contribution in [0.25, 0.3) is 11.2 Å². The van der Waals surface area contributed by atoms with E-state index >= 15 is 0 Å². The summed E-state index contributed by atoms with van der Waals surface area (Å²) in [5.41, 5.74) is 5.81. The van der Waals surface area contributed by atoms with Gasteiger partial charge in [-0.05, 0) is 25.9 Å². The number of ether oxygens (including phenoxy) is 1. The van der Waals surface area contributed by atoms with E-state index in [1.807, 2.05) is 0 Å². The van der Waals surface area contributed by atoms with Gasteiger partial charge < -0.3 is 20.8 Å². The van der Waals surface area contributed by atoms with E-state index in [1.54, 1.807) is 0 Å². The molecule has 3 heterocycles. The number of fused-ring (bicyclic) bond motifs is 1. The third-order valence-electron chi connectivity index (χ3n) is 3.17. The van der Waals surface area contributed by atoms with Gasteiger partial charge in [-0.3, -0.25) is 9.78 Å². The summed E-state index contributed by atoms with van der Waals surface area (Å²) in [6.45, 7) is 2.30. The van der Waals surface area contributed by atoms with Crippen LogP contribution < -0.4 is 16.6 Å². The maximum atomic E-state index is 11.6. The van der Waals surface area contributed by atoms with Crippen LogP contribution in [0, 0.1) is 0 Å². The van der Waals surface area contributed by atoms with E-state index in [2.05, 4.69) is 25.3 Å². The van der Waals surface area contributed by atoms with Crippen LogP contribution >= 0.6 is 0 Å². The number of nitrogens with zero attached hydrogens (tertiary/aromatic N) is 2. The number of rotatable bonds is 3. The number of piperidine rings is 1. The van der Waals surface area contributed by atoms with Gasteiger partial charge in [-0.1, -0.05) is 0 Å². The molecule has 0 amide bonds. The van der Waals surface area contributed by atoms with Crippen molar-refractivity contribution >= 4 is 17.1 Å². The Morgan fingerprint density at radius 1 is 1.26 bits per heavy atom. The van der Waals surface area contributed by atoms with Gasteiger partial charge in [0, 0.05) is 0 Å². The minimum absolute atomic E-state index is 0.0647. The molecule has 2 aromatic heterocycles. The summed E-state index contributed by atoms with van der Waals surface area (Å²) in [5.74, 6) is 0.659. The molecule has 0 bridgehead atoms. The molecule has 102 valence electrons. The van der Waals surface area contributed by atoms with Crippen LogP contribution in [-0.4, -0.2) is 39.1 Å². The largest absolute Gasteiger partial charge is 0.370 e. The predicted octanol–water partition coefficient (Wildman–Crippen LogP) is -0.503. The number of nitrogen functional groups attached to an aromatic ring is 1. The Kier molecular flexibility index (Phi) is 3.18. The molecule has 3 rings (SSSR count). The normalized spacial score (nSPS) is 17.1. The lowest BCUT2D eigenvalue weighted by molar-refractivity contribution is 0.0182. The number of hydrogen-bond donors (Lipinski definition) is 4. The van der Waals surface area contributed by atoms with E-state index in [4.69, 9.17) is 10.5 Å². The minimum Gasteiger partial charge on any atom is -0.370 e. The van der Waals surface area contributed by atoms with Gasteiger partial charge in [0.25, 0.3) is 5.56 Å². The lowest BCUT2D eigenvalue weighted by Gasteiger charge is -2.22. The van der Waals surface area contributed by atoms with Crippen molar-refractivity contribution < 1.29 is 4.74 Å². The van der Waals surface area contributed by atoms with Crippen molar-refractivity contribution in [3.63, 3.8) is 0 Å².